The summed E-state index contributed by atoms with van der Waals surface area (Å²) in [6.07, 6.45) is 4.61. The lowest BCUT2D eigenvalue weighted by Gasteiger charge is -2.06. The molecule has 3 aromatic rings. The molecule has 0 aliphatic rings. The van der Waals surface area contributed by atoms with Crippen LogP contribution in [0.4, 0.5) is 5.82 Å². The van der Waals surface area contributed by atoms with Crippen molar-refractivity contribution in [3.63, 3.8) is 0 Å². The van der Waals surface area contributed by atoms with E-state index in [0.29, 0.717) is 31.8 Å². The van der Waals surface area contributed by atoms with E-state index in [9.17, 15) is 4.79 Å². The molecular weight excluding hydrogens is 328 g/mol. The lowest BCUT2D eigenvalue weighted by molar-refractivity contribution is -0.116. The highest BCUT2D eigenvalue weighted by atomic mass is 16.5. The second-order valence-electron chi connectivity index (χ2n) is 6.04. The fourth-order valence-corrected chi connectivity index (χ4v) is 2.51. The van der Waals surface area contributed by atoms with Gasteiger partial charge in [-0.3, -0.25) is 14.5 Å². The zero-order chi connectivity index (χ0) is 18.2. The Morgan fingerprint density at radius 1 is 1.19 bits per heavy atom. The van der Waals surface area contributed by atoms with Crippen LogP contribution in [-0.4, -0.2) is 27.3 Å². The van der Waals surface area contributed by atoms with E-state index in [-0.39, 0.29) is 5.91 Å². The Morgan fingerprint density at radius 2 is 2.12 bits per heavy atom. The maximum absolute atomic E-state index is 12.0. The fraction of sp³-hybridized carbons (Fsp3) is 0.250. The fourth-order valence-electron chi connectivity index (χ4n) is 2.51. The molecule has 6 heteroatoms. The number of nitrogens with one attached hydrogen (secondary N) is 1. The van der Waals surface area contributed by atoms with Crippen molar-refractivity contribution in [2.75, 3.05) is 11.9 Å². The number of amides is 1. The number of carbonyl (C=O) groups is 1. The van der Waals surface area contributed by atoms with Crippen LogP contribution < -0.4 is 10.1 Å². The van der Waals surface area contributed by atoms with E-state index in [1.54, 1.807) is 16.9 Å². The summed E-state index contributed by atoms with van der Waals surface area (Å²) in [6, 6.07) is 15.4. The van der Waals surface area contributed by atoms with Crippen molar-refractivity contribution in [3.8, 4) is 5.75 Å². The molecule has 0 radical (unpaired) electrons. The number of carbonyl (C=O) groups excluding carboxylic acids is 1. The van der Waals surface area contributed by atoms with Crippen molar-refractivity contribution in [3.05, 3.63) is 72.2 Å². The molecule has 0 saturated carbocycles. The number of pyridine rings is 1. The van der Waals surface area contributed by atoms with Crippen molar-refractivity contribution < 1.29 is 9.53 Å². The van der Waals surface area contributed by atoms with Crippen LogP contribution >= 0.6 is 0 Å². The van der Waals surface area contributed by atoms with E-state index < -0.39 is 0 Å². The van der Waals surface area contributed by atoms with Gasteiger partial charge >= 0.3 is 0 Å². The third kappa shape index (κ3) is 5.44. The quantitative estimate of drug-likeness (QED) is 0.632. The molecule has 0 unspecified atom stereocenters. The summed E-state index contributed by atoms with van der Waals surface area (Å²) < 4.78 is 7.40. The molecule has 1 amide bonds. The van der Waals surface area contributed by atoms with Crippen molar-refractivity contribution in [2.24, 2.45) is 0 Å². The van der Waals surface area contributed by atoms with Gasteiger partial charge in [0, 0.05) is 24.9 Å². The Bertz CT molecular complexity index is 846. The van der Waals surface area contributed by atoms with Gasteiger partial charge in [-0.15, -0.1) is 0 Å². The van der Waals surface area contributed by atoms with Crippen LogP contribution in [-0.2, 0) is 11.3 Å². The first-order valence-electron chi connectivity index (χ1n) is 8.62. The predicted octanol–water partition coefficient (Wildman–Crippen LogP) is 3.43. The smallest absolute Gasteiger partial charge is 0.225 e. The molecule has 26 heavy (non-hydrogen) atoms. The van der Waals surface area contributed by atoms with Crippen LogP contribution in [0.3, 0.4) is 0 Å². The minimum absolute atomic E-state index is 0.0686. The molecule has 2 heterocycles. The summed E-state index contributed by atoms with van der Waals surface area (Å²) in [5.74, 6) is 1.31. The minimum atomic E-state index is -0.0686. The predicted molar refractivity (Wildman–Crippen MR) is 100 cm³/mol. The first kappa shape index (κ1) is 17.7. The number of ether oxygens (including phenoxy) is 1. The van der Waals surface area contributed by atoms with Crippen molar-refractivity contribution in [1.82, 2.24) is 14.8 Å². The Morgan fingerprint density at radius 3 is 2.92 bits per heavy atom. The summed E-state index contributed by atoms with van der Waals surface area (Å²) in [5, 5.41) is 7.15. The van der Waals surface area contributed by atoms with E-state index in [0.717, 1.165) is 17.0 Å². The van der Waals surface area contributed by atoms with Crippen molar-refractivity contribution in [1.29, 1.82) is 0 Å². The molecule has 6 nitrogen and oxygen atoms in total. The van der Waals surface area contributed by atoms with Gasteiger partial charge in [-0.25, -0.2) is 0 Å². The van der Waals surface area contributed by atoms with Gasteiger partial charge in [-0.05, 0) is 43.2 Å². The summed E-state index contributed by atoms with van der Waals surface area (Å²) in [4.78, 5) is 16.3. The van der Waals surface area contributed by atoms with Gasteiger partial charge in [0.2, 0.25) is 5.91 Å². The number of benzene rings is 1. The molecule has 0 atom stereocenters. The highest BCUT2D eigenvalue weighted by Gasteiger charge is 2.06. The van der Waals surface area contributed by atoms with Crippen LogP contribution in [0.2, 0.25) is 0 Å². The highest BCUT2D eigenvalue weighted by Crippen LogP contribution is 2.13. The molecule has 0 fully saturated rings. The topological polar surface area (TPSA) is 69.0 Å². The average Bonchev–Trinajstić information content (AvgIpc) is 3.06. The van der Waals surface area contributed by atoms with Gasteiger partial charge in [-0.2, -0.15) is 5.10 Å². The van der Waals surface area contributed by atoms with Gasteiger partial charge in [0.05, 0.1) is 18.8 Å². The Hall–Kier alpha value is -3.15. The standard InChI is InChI=1S/C20H22N4O2/c1-16-6-4-8-18(14-16)26-13-5-9-20(25)22-19-10-12-24(23-19)15-17-7-2-3-11-21-17/h2-4,6-8,10-12,14H,5,9,13,15H2,1H3,(H,22,23,25). The van der Waals surface area contributed by atoms with Crippen LogP contribution in [0.1, 0.15) is 24.1 Å². The second-order valence-corrected chi connectivity index (χ2v) is 6.04. The first-order chi connectivity index (χ1) is 12.7. The molecule has 0 aliphatic heterocycles. The van der Waals surface area contributed by atoms with Crippen molar-refractivity contribution in [2.45, 2.75) is 26.3 Å². The average molecular weight is 350 g/mol. The number of anilines is 1. The molecule has 0 aliphatic carbocycles. The van der Waals surface area contributed by atoms with Crippen molar-refractivity contribution >= 4 is 11.7 Å². The minimum Gasteiger partial charge on any atom is -0.494 e. The summed E-state index contributed by atoms with van der Waals surface area (Å²) in [6.45, 7) is 3.10. The molecule has 1 N–H and O–H groups in total. The number of aryl methyl sites for hydroxylation is 1. The third-order valence-corrected chi connectivity index (χ3v) is 3.76. The number of hydrogen-bond donors (Lipinski definition) is 1. The first-order valence-corrected chi connectivity index (χ1v) is 8.62. The van der Waals surface area contributed by atoms with Crippen LogP contribution in [0, 0.1) is 6.92 Å². The maximum atomic E-state index is 12.0. The molecule has 0 spiro atoms. The monoisotopic (exact) mass is 350 g/mol. The molecule has 2 aromatic heterocycles. The number of hydrogen-bond acceptors (Lipinski definition) is 4. The SMILES string of the molecule is Cc1cccc(OCCCC(=O)Nc2ccn(Cc3ccccn3)n2)c1. The Labute approximate surface area is 152 Å². The number of rotatable bonds is 8. The van der Waals surface area contributed by atoms with Crippen LogP contribution in [0.25, 0.3) is 0 Å². The second kappa shape index (κ2) is 8.80. The van der Waals surface area contributed by atoms with E-state index in [4.69, 9.17) is 4.74 Å². The maximum Gasteiger partial charge on any atom is 0.225 e. The van der Waals surface area contributed by atoms with Gasteiger partial charge in [-0.1, -0.05) is 18.2 Å². The summed E-state index contributed by atoms with van der Waals surface area (Å²) in [5.41, 5.74) is 2.07. The molecule has 1 aromatic carbocycles. The van der Waals surface area contributed by atoms with Crippen LogP contribution in [0.15, 0.2) is 60.9 Å². The van der Waals surface area contributed by atoms with Gasteiger partial charge in [0.15, 0.2) is 5.82 Å². The summed E-state index contributed by atoms with van der Waals surface area (Å²) in [7, 11) is 0. The number of nitrogens with zero attached hydrogens (tertiary/aromatic N) is 3. The lowest BCUT2D eigenvalue weighted by atomic mass is 10.2. The summed E-state index contributed by atoms with van der Waals surface area (Å²) >= 11 is 0. The van der Waals surface area contributed by atoms with Gasteiger partial charge in [0.1, 0.15) is 5.75 Å². The normalized spacial score (nSPS) is 10.5. The number of aromatic nitrogens is 3. The van der Waals surface area contributed by atoms with E-state index in [1.807, 2.05) is 55.6 Å². The molecule has 3 rings (SSSR count). The zero-order valence-electron chi connectivity index (χ0n) is 14.8. The Balaban J connectivity index is 1.39. The molecule has 0 saturated heterocycles. The molecule has 0 bridgehead atoms. The van der Waals surface area contributed by atoms with Gasteiger partial charge in [0.25, 0.3) is 0 Å². The largest absolute Gasteiger partial charge is 0.494 e. The van der Waals surface area contributed by atoms with Crippen LogP contribution in [0.5, 0.6) is 5.75 Å². The lowest BCUT2D eigenvalue weighted by Crippen LogP contribution is -2.13. The molecular formula is C20H22N4O2. The highest BCUT2D eigenvalue weighted by molar-refractivity contribution is 5.89. The van der Waals surface area contributed by atoms with E-state index >= 15 is 0 Å². The zero-order valence-corrected chi connectivity index (χ0v) is 14.8. The van der Waals surface area contributed by atoms with E-state index in [2.05, 4.69) is 15.4 Å². The Kier molecular flexibility index (Phi) is 5.98. The van der Waals surface area contributed by atoms with Gasteiger partial charge < -0.3 is 10.1 Å². The third-order valence-electron chi connectivity index (χ3n) is 3.76. The van der Waals surface area contributed by atoms with E-state index in [1.165, 1.54) is 0 Å². The molecule has 134 valence electrons.